The maximum absolute atomic E-state index is 13.5. The number of rotatable bonds is 8. The van der Waals surface area contributed by atoms with E-state index in [1.54, 1.807) is 12.1 Å². The Balaban J connectivity index is 1.32. The van der Waals surface area contributed by atoms with Crippen molar-refractivity contribution in [1.82, 2.24) is 24.8 Å². The number of sulfonamides is 1. The molecule has 1 aliphatic carbocycles. The number of benzene rings is 1. The molecule has 3 aromatic rings. The predicted molar refractivity (Wildman–Crippen MR) is 189 cm³/mol. The van der Waals surface area contributed by atoms with Crippen LogP contribution in [0, 0.1) is 0 Å². The van der Waals surface area contributed by atoms with Crippen LogP contribution in [0.2, 0.25) is 0 Å². The number of amides is 2. The van der Waals surface area contributed by atoms with Crippen LogP contribution in [0.3, 0.4) is 0 Å². The molecular formula is C35H47N7O5S. The number of allylic oxidation sites excluding steroid dienone is 2. The van der Waals surface area contributed by atoms with Gasteiger partial charge in [-0.15, -0.1) is 10.2 Å². The lowest BCUT2D eigenvalue weighted by molar-refractivity contribution is 0.186. The van der Waals surface area contributed by atoms with Gasteiger partial charge in [-0.2, -0.15) is 0 Å². The fourth-order valence-corrected chi connectivity index (χ4v) is 6.66. The van der Waals surface area contributed by atoms with E-state index in [9.17, 15) is 13.2 Å². The van der Waals surface area contributed by atoms with Crippen molar-refractivity contribution in [3.63, 3.8) is 0 Å². The van der Waals surface area contributed by atoms with Crippen LogP contribution in [0.1, 0.15) is 70.3 Å². The van der Waals surface area contributed by atoms with Gasteiger partial charge in [0.1, 0.15) is 11.9 Å². The minimum absolute atomic E-state index is 0.160. The Morgan fingerprint density at radius 2 is 1.85 bits per heavy atom. The van der Waals surface area contributed by atoms with Gasteiger partial charge in [-0.05, 0) is 80.1 Å². The number of hydrogen-bond donors (Lipinski definition) is 3. The van der Waals surface area contributed by atoms with Crippen molar-refractivity contribution in [1.29, 1.82) is 0 Å². The number of hydrogen-bond acceptors (Lipinski definition) is 8. The Kier molecular flexibility index (Phi) is 10.5. The number of nitrogens with zero attached hydrogens (tertiary/aromatic N) is 4. The topological polar surface area (TPSA) is 139 Å². The molecule has 2 aromatic heterocycles. The summed E-state index contributed by atoms with van der Waals surface area (Å²) < 4.78 is 40.9. The minimum atomic E-state index is -3.61. The molecule has 3 N–H and O–H groups in total. The Morgan fingerprint density at radius 1 is 1.08 bits per heavy atom. The second-order valence-electron chi connectivity index (χ2n) is 13.6. The molecule has 0 spiro atoms. The first kappa shape index (κ1) is 35.0. The molecule has 3 heterocycles. The number of methoxy groups -OCH3 is 1. The van der Waals surface area contributed by atoms with Gasteiger partial charge in [0.25, 0.3) is 0 Å². The van der Waals surface area contributed by atoms with Gasteiger partial charge < -0.3 is 20.1 Å². The number of anilines is 2. The highest BCUT2D eigenvalue weighted by Crippen LogP contribution is 2.39. The monoisotopic (exact) mass is 677 g/mol. The van der Waals surface area contributed by atoms with Gasteiger partial charge in [0.05, 0.1) is 43.0 Å². The molecule has 1 fully saturated rings. The summed E-state index contributed by atoms with van der Waals surface area (Å²) in [5.74, 6) is 1.85. The number of carbonyl (C=O) groups is 1. The number of ether oxygens (including phenoxy) is 2. The molecule has 5 rings (SSSR count). The average Bonchev–Trinajstić information content (AvgIpc) is 3.62. The van der Waals surface area contributed by atoms with Crippen molar-refractivity contribution in [2.75, 3.05) is 37.0 Å². The second kappa shape index (κ2) is 14.4. The zero-order chi connectivity index (χ0) is 34.6. The lowest BCUT2D eigenvalue weighted by Crippen LogP contribution is -2.39. The van der Waals surface area contributed by atoms with E-state index in [2.05, 4.69) is 50.2 Å². The first-order valence-corrected chi connectivity index (χ1v) is 18.1. The predicted octanol–water partition coefficient (Wildman–Crippen LogP) is 5.96. The molecule has 258 valence electrons. The van der Waals surface area contributed by atoms with Gasteiger partial charge in [-0.1, -0.05) is 51.7 Å². The Hall–Kier alpha value is -4.36. The summed E-state index contributed by atoms with van der Waals surface area (Å²) in [5, 5.41) is 14.8. The first-order valence-electron chi connectivity index (χ1n) is 16.2. The van der Waals surface area contributed by atoms with Gasteiger partial charge in [-0.25, -0.2) is 13.2 Å². The van der Waals surface area contributed by atoms with Crippen LogP contribution in [0.5, 0.6) is 11.5 Å². The number of likely N-dealkylation sites (tertiary alicyclic amines) is 1. The minimum Gasteiger partial charge on any atom is -0.492 e. The number of fused-ring (bicyclic) bond motifs is 1. The molecule has 0 unspecified atom stereocenters. The van der Waals surface area contributed by atoms with Crippen molar-refractivity contribution < 1.29 is 22.7 Å². The normalized spacial score (nSPS) is 22.2. The maximum atomic E-state index is 13.5. The third-order valence-electron chi connectivity index (χ3n) is 8.71. The quantitative estimate of drug-likeness (QED) is 0.265. The van der Waals surface area contributed by atoms with Crippen LogP contribution in [0.25, 0.3) is 5.65 Å². The molecule has 1 aromatic carbocycles. The fourth-order valence-electron chi connectivity index (χ4n) is 6.11. The summed E-state index contributed by atoms with van der Waals surface area (Å²) in [5.41, 5.74) is 2.58. The second-order valence-corrected chi connectivity index (χ2v) is 15.3. The zero-order valence-electron chi connectivity index (χ0n) is 28.6. The van der Waals surface area contributed by atoms with Gasteiger partial charge in [-0.3, -0.25) is 14.0 Å². The van der Waals surface area contributed by atoms with Crippen LogP contribution in [-0.2, 0) is 15.4 Å². The Morgan fingerprint density at radius 3 is 2.54 bits per heavy atom. The summed E-state index contributed by atoms with van der Waals surface area (Å²) in [7, 11) is -0.0634. The fraction of sp³-hybridized carbons (Fsp3) is 0.457. The van der Waals surface area contributed by atoms with E-state index in [0.29, 0.717) is 24.9 Å². The third-order valence-corrected chi connectivity index (χ3v) is 9.30. The third kappa shape index (κ3) is 8.56. The van der Waals surface area contributed by atoms with Gasteiger partial charge in [0, 0.05) is 6.42 Å². The average molecular weight is 678 g/mol. The van der Waals surface area contributed by atoms with E-state index in [1.807, 2.05) is 61.7 Å². The molecule has 2 amide bonds. The standard InChI is InChI=1S/C35H47N7O5S/c1-23-12-9-8-10-13-25(47-26-16-18-31-38-39-33(42(31)22-26)30-14-11-19-41(30)5)15-17-27(23)36-34(43)37-28-20-24(35(2,3)4)21-29(32(28)46-6)40-48(7,44)45/h8-10,12,16,18,20-22,25,27,30,40H,1,11,13-15,17,19H2,2-7H3,(H2,36,37,43)/b10-8-,12-9-/t25-,27-,30-/m0/s1. The lowest BCUT2D eigenvalue weighted by atomic mass is 9.86. The van der Waals surface area contributed by atoms with Gasteiger partial charge in [0.15, 0.2) is 17.2 Å². The molecule has 13 heteroatoms. The van der Waals surface area contributed by atoms with Gasteiger partial charge >= 0.3 is 6.03 Å². The van der Waals surface area contributed by atoms with E-state index in [1.165, 1.54) is 7.11 Å². The van der Waals surface area contributed by atoms with E-state index in [-0.39, 0.29) is 29.0 Å². The van der Waals surface area contributed by atoms with Crippen LogP contribution >= 0.6 is 0 Å². The van der Waals surface area contributed by atoms with Crippen molar-refractivity contribution in [3.05, 3.63) is 78.3 Å². The van der Waals surface area contributed by atoms with Crippen LogP contribution < -0.4 is 24.8 Å². The molecule has 2 aliphatic rings. The highest BCUT2D eigenvalue weighted by Gasteiger charge is 2.28. The maximum Gasteiger partial charge on any atom is 0.319 e. The first-order chi connectivity index (χ1) is 22.7. The van der Waals surface area contributed by atoms with Crippen molar-refractivity contribution in [2.24, 2.45) is 0 Å². The van der Waals surface area contributed by atoms with E-state index < -0.39 is 22.1 Å². The Labute approximate surface area is 283 Å². The number of carbonyl (C=O) groups excluding carboxylic acids is 1. The molecule has 12 nitrogen and oxygen atoms in total. The summed E-state index contributed by atoms with van der Waals surface area (Å²) in [6.07, 6.45) is 14.8. The summed E-state index contributed by atoms with van der Waals surface area (Å²) in [6.45, 7) is 11.3. The van der Waals surface area contributed by atoms with E-state index in [0.717, 1.165) is 54.0 Å². The largest absolute Gasteiger partial charge is 0.492 e. The molecule has 1 aliphatic heterocycles. The van der Waals surface area contributed by atoms with Crippen molar-refractivity contribution >= 4 is 33.1 Å². The zero-order valence-corrected chi connectivity index (χ0v) is 29.4. The van der Waals surface area contributed by atoms with Crippen LogP contribution in [0.15, 0.2) is 66.9 Å². The smallest absolute Gasteiger partial charge is 0.319 e. The van der Waals surface area contributed by atoms with Gasteiger partial charge in [0.2, 0.25) is 10.0 Å². The highest BCUT2D eigenvalue weighted by molar-refractivity contribution is 7.92. The van der Waals surface area contributed by atoms with Crippen molar-refractivity contribution in [3.8, 4) is 11.5 Å². The molecule has 0 saturated carbocycles. The molecule has 48 heavy (non-hydrogen) atoms. The number of aromatic nitrogens is 3. The molecule has 3 atom stereocenters. The van der Waals surface area contributed by atoms with E-state index in [4.69, 9.17) is 9.47 Å². The molecule has 1 saturated heterocycles. The summed E-state index contributed by atoms with van der Waals surface area (Å²) in [4.78, 5) is 15.8. The van der Waals surface area contributed by atoms with Crippen LogP contribution in [0.4, 0.5) is 16.2 Å². The van der Waals surface area contributed by atoms with E-state index >= 15 is 0 Å². The SMILES string of the molecule is C=C1/C=C\C=C/C[C@H](Oc2ccc3nnc([C@@H]4CCCN4C)n3c2)CC[C@@H]1NC(=O)Nc1cc(C(C)(C)C)cc(NS(C)(=O)=O)c1OC. The number of nitrogens with one attached hydrogen (secondary N) is 3. The molecule has 0 radical (unpaired) electrons. The highest BCUT2D eigenvalue weighted by atomic mass is 32.2. The summed E-state index contributed by atoms with van der Waals surface area (Å²) in [6, 6.07) is 6.72. The number of urea groups is 1. The molecular weight excluding hydrogens is 630 g/mol. The Bertz CT molecular complexity index is 1830. The summed E-state index contributed by atoms with van der Waals surface area (Å²) >= 11 is 0. The van der Waals surface area contributed by atoms with Crippen LogP contribution in [-0.4, -0.2) is 73.1 Å². The lowest BCUT2D eigenvalue weighted by Gasteiger charge is -2.26. The van der Waals surface area contributed by atoms with Crippen molar-refractivity contribution in [2.45, 2.75) is 76.5 Å². The number of pyridine rings is 1. The molecule has 0 bridgehead atoms.